The van der Waals surface area contributed by atoms with Crippen LogP contribution in [-0.2, 0) is 0 Å². The lowest BCUT2D eigenvalue weighted by molar-refractivity contribution is 0.0980. The van der Waals surface area contributed by atoms with Gasteiger partial charge in [0.05, 0.1) is 11.1 Å². The largest absolute Gasteiger partial charge is 0.448 e. The van der Waals surface area contributed by atoms with Crippen molar-refractivity contribution in [2.75, 3.05) is 5.32 Å². The number of benzene rings is 1. The zero-order valence-electron chi connectivity index (χ0n) is 13.9. The van der Waals surface area contributed by atoms with Gasteiger partial charge in [-0.2, -0.15) is 4.99 Å². The molecule has 0 saturated carbocycles. The van der Waals surface area contributed by atoms with Crippen LogP contribution in [0.2, 0.25) is 0 Å². The van der Waals surface area contributed by atoms with Crippen molar-refractivity contribution in [3.63, 3.8) is 0 Å². The van der Waals surface area contributed by atoms with Crippen LogP contribution in [0.15, 0.2) is 58.3 Å². The second-order valence-corrected chi connectivity index (χ2v) is 5.49. The fourth-order valence-electron chi connectivity index (χ4n) is 2.38. The Labute approximate surface area is 148 Å². The number of nitrogens with two attached hydrogens (primary N) is 2. The molecular weight excluding hydrogens is 337 g/mol. The maximum Gasteiger partial charge on any atom is 0.316 e. The first-order valence-corrected chi connectivity index (χ1v) is 7.66. The summed E-state index contributed by atoms with van der Waals surface area (Å²) in [5.74, 6) is -1.38. The smallest absolute Gasteiger partial charge is 0.316 e. The first kappa shape index (κ1) is 17.2. The monoisotopic (exact) mass is 353 g/mol. The average molecular weight is 353 g/mol. The summed E-state index contributed by atoms with van der Waals surface area (Å²) in [5.41, 5.74) is 12.4. The summed E-state index contributed by atoms with van der Waals surface area (Å²) in [7, 11) is 0. The molecule has 0 radical (unpaired) electrons. The van der Waals surface area contributed by atoms with E-state index in [2.05, 4.69) is 15.3 Å². The van der Waals surface area contributed by atoms with E-state index in [9.17, 15) is 9.18 Å². The summed E-state index contributed by atoms with van der Waals surface area (Å²) >= 11 is 0. The number of furan rings is 1. The molecule has 0 aliphatic heterocycles. The van der Waals surface area contributed by atoms with Crippen LogP contribution < -0.4 is 16.8 Å². The molecule has 26 heavy (non-hydrogen) atoms. The molecule has 1 aromatic carbocycles. The van der Waals surface area contributed by atoms with E-state index in [0.29, 0.717) is 11.0 Å². The van der Waals surface area contributed by atoms with Gasteiger partial charge in [-0.1, -0.05) is 6.07 Å². The Morgan fingerprint density at radius 1 is 1.38 bits per heavy atom. The van der Waals surface area contributed by atoms with Crippen molar-refractivity contribution in [1.29, 1.82) is 0 Å². The molecule has 0 saturated heterocycles. The van der Waals surface area contributed by atoms with Crippen LogP contribution in [0, 0.1) is 12.7 Å². The molecule has 3 aromatic rings. The molecule has 2 aromatic heterocycles. The van der Waals surface area contributed by atoms with Gasteiger partial charge >= 0.3 is 5.91 Å². The number of carbonyl (C=O) groups excluding carboxylic acids is 1. The van der Waals surface area contributed by atoms with Crippen LogP contribution in [0.4, 0.5) is 15.8 Å². The fraction of sp³-hybridized carbons (Fsp3) is 0.0556. The lowest BCUT2D eigenvalue weighted by atomic mass is 10.2. The number of anilines is 2. The number of aryl methyl sites for hydroxylation is 1. The number of hydrogen-bond donors (Lipinski definition) is 3. The third kappa shape index (κ3) is 3.39. The van der Waals surface area contributed by atoms with Crippen LogP contribution in [-0.4, -0.2) is 16.7 Å². The summed E-state index contributed by atoms with van der Waals surface area (Å²) in [6.07, 6.45) is 5.46. The molecule has 0 aliphatic rings. The van der Waals surface area contributed by atoms with Crippen molar-refractivity contribution in [1.82, 2.24) is 4.98 Å². The number of carbonyl (C=O) groups is 1. The number of halogens is 1. The molecule has 0 unspecified atom stereocenters. The van der Waals surface area contributed by atoms with Crippen LogP contribution in [0.3, 0.4) is 0 Å². The number of amides is 1. The Hall–Kier alpha value is -3.68. The molecule has 0 aliphatic carbocycles. The second-order valence-electron chi connectivity index (χ2n) is 5.49. The number of nitrogens with one attached hydrogen (secondary N) is 1. The number of hydrogen-bond acceptors (Lipinski definition) is 5. The maximum absolute atomic E-state index is 14.2. The minimum absolute atomic E-state index is 0.0800. The van der Waals surface area contributed by atoms with Gasteiger partial charge in [-0.25, -0.2) is 4.39 Å². The van der Waals surface area contributed by atoms with Crippen molar-refractivity contribution < 1.29 is 13.6 Å². The number of fused-ring (bicyclic) bond motifs is 1. The van der Waals surface area contributed by atoms with Crippen molar-refractivity contribution in [2.24, 2.45) is 16.5 Å². The van der Waals surface area contributed by atoms with Crippen LogP contribution >= 0.6 is 0 Å². The van der Waals surface area contributed by atoms with Gasteiger partial charge in [0.2, 0.25) is 5.76 Å². The Morgan fingerprint density at radius 2 is 2.19 bits per heavy atom. The van der Waals surface area contributed by atoms with E-state index >= 15 is 0 Å². The molecule has 1 amide bonds. The molecule has 0 atom stereocenters. The van der Waals surface area contributed by atoms with E-state index in [4.69, 9.17) is 15.9 Å². The van der Waals surface area contributed by atoms with Crippen LogP contribution in [0.25, 0.3) is 11.0 Å². The highest BCUT2D eigenvalue weighted by molar-refractivity contribution is 6.11. The van der Waals surface area contributed by atoms with E-state index < -0.39 is 11.7 Å². The highest BCUT2D eigenvalue weighted by atomic mass is 19.1. The second kappa shape index (κ2) is 7.06. The standard InChI is InChI=1S/C18H16FN5O2/c1-10-2-3-13(12(19)8-10)23-16-11-9-22-7-5-14(11)26-17(16)18(25)24-15(21)4-6-20/h2-9,23H,20H2,1H3,(H2,21,24,25)/b6-4-. The Morgan fingerprint density at radius 3 is 2.92 bits per heavy atom. The minimum atomic E-state index is -0.730. The lowest BCUT2D eigenvalue weighted by Gasteiger charge is -2.08. The minimum Gasteiger partial charge on any atom is -0.448 e. The van der Waals surface area contributed by atoms with Crippen molar-refractivity contribution in [3.8, 4) is 0 Å². The van der Waals surface area contributed by atoms with Gasteiger partial charge in [0.1, 0.15) is 22.9 Å². The molecule has 7 nitrogen and oxygen atoms in total. The Bertz CT molecular complexity index is 1040. The summed E-state index contributed by atoms with van der Waals surface area (Å²) in [6, 6.07) is 6.29. The molecule has 132 valence electrons. The summed E-state index contributed by atoms with van der Waals surface area (Å²) in [5, 5.41) is 3.41. The average Bonchev–Trinajstić information content (AvgIpc) is 2.96. The van der Waals surface area contributed by atoms with E-state index in [1.807, 2.05) is 0 Å². The predicted octanol–water partition coefficient (Wildman–Crippen LogP) is 2.99. The quantitative estimate of drug-likeness (QED) is 0.490. The molecule has 5 N–H and O–H groups in total. The summed E-state index contributed by atoms with van der Waals surface area (Å²) < 4.78 is 19.8. The number of nitrogens with zero attached hydrogens (tertiary/aromatic N) is 2. The number of aromatic nitrogens is 1. The van der Waals surface area contributed by atoms with E-state index in [1.165, 1.54) is 24.5 Å². The van der Waals surface area contributed by atoms with Crippen molar-refractivity contribution in [3.05, 3.63) is 66.1 Å². The predicted molar refractivity (Wildman–Crippen MR) is 97.7 cm³/mol. The Balaban J connectivity index is 2.10. The van der Waals surface area contributed by atoms with Crippen molar-refractivity contribution >= 4 is 34.1 Å². The van der Waals surface area contributed by atoms with Gasteiger partial charge < -0.3 is 21.2 Å². The number of amidine groups is 1. The van der Waals surface area contributed by atoms with Gasteiger partial charge in [-0.3, -0.25) is 9.78 Å². The first-order chi connectivity index (χ1) is 12.5. The molecular formula is C18H16FN5O2. The van der Waals surface area contributed by atoms with E-state index in [-0.39, 0.29) is 23.0 Å². The summed E-state index contributed by atoms with van der Waals surface area (Å²) in [6.45, 7) is 1.78. The van der Waals surface area contributed by atoms with Crippen LogP contribution in [0.1, 0.15) is 16.1 Å². The topological polar surface area (TPSA) is 120 Å². The SMILES string of the molecule is Cc1ccc(Nc2c(C(=O)N=C(N)/C=C\N)oc3ccncc23)c(F)c1. The summed E-state index contributed by atoms with van der Waals surface area (Å²) in [4.78, 5) is 20.2. The molecule has 0 bridgehead atoms. The van der Waals surface area contributed by atoms with Gasteiger partial charge in [-0.15, -0.1) is 0 Å². The molecule has 3 rings (SSSR count). The van der Waals surface area contributed by atoms with E-state index in [1.54, 1.807) is 25.1 Å². The maximum atomic E-state index is 14.2. The normalized spacial score (nSPS) is 12.0. The highest BCUT2D eigenvalue weighted by Crippen LogP contribution is 2.34. The van der Waals surface area contributed by atoms with Gasteiger partial charge in [0, 0.05) is 12.4 Å². The zero-order chi connectivity index (χ0) is 18.7. The number of pyridine rings is 1. The molecule has 0 spiro atoms. The Kier molecular flexibility index (Phi) is 4.66. The van der Waals surface area contributed by atoms with Gasteiger partial charge in [0.25, 0.3) is 0 Å². The lowest BCUT2D eigenvalue weighted by Crippen LogP contribution is -2.12. The van der Waals surface area contributed by atoms with E-state index in [0.717, 1.165) is 11.8 Å². The first-order valence-electron chi connectivity index (χ1n) is 7.66. The fourth-order valence-corrected chi connectivity index (χ4v) is 2.38. The number of aliphatic imine (C=N–C) groups is 1. The third-order valence-electron chi connectivity index (χ3n) is 3.57. The third-order valence-corrected chi connectivity index (χ3v) is 3.57. The molecule has 0 fully saturated rings. The number of rotatable bonds is 4. The van der Waals surface area contributed by atoms with Crippen molar-refractivity contribution in [2.45, 2.75) is 6.92 Å². The highest BCUT2D eigenvalue weighted by Gasteiger charge is 2.22. The van der Waals surface area contributed by atoms with Gasteiger partial charge in [-0.05, 0) is 43.0 Å². The van der Waals surface area contributed by atoms with Crippen LogP contribution in [0.5, 0.6) is 0 Å². The van der Waals surface area contributed by atoms with Gasteiger partial charge in [0.15, 0.2) is 0 Å². The molecule has 8 heteroatoms. The zero-order valence-corrected chi connectivity index (χ0v) is 13.9. The molecule has 2 heterocycles.